The van der Waals surface area contributed by atoms with E-state index in [9.17, 15) is 0 Å². The number of rotatable bonds is 6. The molecule has 12 aromatic rings. The normalized spacial score (nSPS) is 14.0. The lowest BCUT2D eigenvalue weighted by molar-refractivity contribution is 0.436. The molecule has 4 aliphatic rings. The van der Waals surface area contributed by atoms with Crippen molar-refractivity contribution in [2.24, 2.45) is 0 Å². The Hall–Kier alpha value is -9.41. The van der Waals surface area contributed by atoms with Crippen LogP contribution in [0.15, 0.2) is 295 Å². The highest BCUT2D eigenvalue weighted by molar-refractivity contribution is 7.99. The molecule has 2 spiro atoms. The highest BCUT2D eigenvalue weighted by atomic mass is 32.2. The van der Waals surface area contributed by atoms with Gasteiger partial charge in [0.15, 0.2) is 0 Å². The van der Waals surface area contributed by atoms with E-state index in [4.69, 9.17) is 4.74 Å². The molecule has 0 unspecified atom stereocenters. The fraction of sp³-hybridized carbons (Fsp3) is 0.0270. The molecule has 0 aromatic heterocycles. The van der Waals surface area contributed by atoms with E-state index < -0.39 is 10.8 Å². The van der Waals surface area contributed by atoms with Crippen LogP contribution in [0.4, 0.5) is 17.1 Å². The second kappa shape index (κ2) is 17.1. The van der Waals surface area contributed by atoms with Crippen LogP contribution in [0.2, 0.25) is 0 Å². The van der Waals surface area contributed by atoms with E-state index in [-0.39, 0.29) is 0 Å². The summed E-state index contributed by atoms with van der Waals surface area (Å²) in [5, 5.41) is 0. The second-order valence-corrected chi connectivity index (χ2v) is 21.7. The predicted octanol–water partition coefficient (Wildman–Crippen LogP) is 19.5. The van der Waals surface area contributed by atoms with Crippen molar-refractivity contribution in [3.8, 4) is 67.1 Å². The fourth-order valence-corrected chi connectivity index (χ4v) is 14.8. The Morgan fingerprint density at radius 2 is 0.597 bits per heavy atom. The van der Waals surface area contributed by atoms with Crippen LogP contribution in [-0.4, -0.2) is 0 Å². The Morgan fingerprint density at radius 3 is 1.08 bits per heavy atom. The first-order chi connectivity index (χ1) is 38.2. The fourth-order valence-electron chi connectivity index (χ4n) is 13.6. The van der Waals surface area contributed by atoms with E-state index in [1.54, 1.807) is 0 Å². The van der Waals surface area contributed by atoms with Gasteiger partial charge in [0.2, 0.25) is 0 Å². The van der Waals surface area contributed by atoms with Gasteiger partial charge in [0.25, 0.3) is 0 Å². The van der Waals surface area contributed by atoms with Crippen LogP contribution in [0.5, 0.6) is 11.5 Å². The van der Waals surface area contributed by atoms with Gasteiger partial charge in [-0.15, -0.1) is 0 Å². The monoisotopic (exact) mass is 997 g/mol. The zero-order valence-corrected chi connectivity index (χ0v) is 42.7. The Morgan fingerprint density at radius 1 is 0.247 bits per heavy atom. The summed E-state index contributed by atoms with van der Waals surface area (Å²) >= 11 is 1.88. The molecule has 0 fully saturated rings. The van der Waals surface area contributed by atoms with Crippen LogP contribution in [0.3, 0.4) is 0 Å². The zero-order chi connectivity index (χ0) is 50.7. The first-order valence-corrected chi connectivity index (χ1v) is 27.4. The van der Waals surface area contributed by atoms with Crippen LogP contribution in [-0.2, 0) is 10.8 Å². The average Bonchev–Trinajstić information content (AvgIpc) is 4.07. The Balaban J connectivity index is 0.910. The van der Waals surface area contributed by atoms with Crippen LogP contribution in [0.25, 0.3) is 55.6 Å². The van der Waals surface area contributed by atoms with Crippen molar-refractivity contribution in [3.63, 3.8) is 0 Å². The van der Waals surface area contributed by atoms with Crippen molar-refractivity contribution in [3.05, 3.63) is 330 Å². The second-order valence-electron chi connectivity index (χ2n) is 20.7. The van der Waals surface area contributed by atoms with Crippen LogP contribution < -0.4 is 9.64 Å². The number of nitrogens with zero attached hydrogens (tertiary/aromatic N) is 1. The number of hydrogen-bond donors (Lipinski definition) is 0. The van der Waals surface area contributed by atoms with Gasteiger partial charge >= 0.3 is 0 Å². The van der Waals surface area contributed by atoms with Crippen molar-refractivity contribution in [2.75, 3.05) is 4.90 Å². The molecule has 0 saturated carbocycles. The Labute approximate surface area is 453 Å². The van der Waals surface area contributed by atoms with Gasteiger partial charge in [0.05, 0.1) is 10.8 Å². The highest BCUT2D eigenvalue weighted by Crippen LogP contribution is 2.65. The summed E-state index contributed by atoms with van der Waals surface area (Å²) < 4.78 is 6.70. The summed E-state index contributed by atoms with van der Waals surface area (Å²) in [6, 6.07) is 106. The average molecular weight is 998 g/mol. The lowest BCUT2D eigenvalue weighted by Gasteiger charge is -2.39. The summed E-state index contributed by atoms with van der Waals surface area (Å²) in [4.78, 5) is 5.08. The van der Waals surface area contributed by atoms with Gasteiger partial charge in [0.1, 0.15) is 11.5 Å². The molecule has 12 aromatic carbocycles. The quantitative estimate of drug-likeness (QED) is 0.165. The van der Waals surface area contributed by atoms with Crippen molar-refractivity contribution in [1.29, 1.82) is 0 Å². The molecule has 0 N–H and O–H groups in total. The van der Waals surface area contributed by atoms with Crippen molar-refractivity contribution >= 4 is 28.8 Å². The zero-order valence-electron chi connectivity index (χ0n) is 41.9. The molecule has 0 radical (unpaired) electrons. The standard InChI is InChI=1S/C74H47NOS/c1-3-19-48(20-4-1)51-43-52(49-21-5-2-6-22-49)45-53(44-51)50-35-37-54(38-36-50)75(55-39-41-63-59(46-55)57-23-7-9-25-61(57)73(63)65-27-11-15-31-69(65)76-70-32-16-12-28-66(70)73)56-40-42-64-60(47-56)58-24-8-10-26-62(58)74(64)67-29-13-17-33-71(67)77-72-34-18-14-30-68(72)74/h1-47H. The van der Waals surface area contributed by atoms with Gasteiger partial charge < -0.3 is 9.64 Å². The summed E-state index contributed by atoms with van der Waals surface area (Å²) in [5.41, 5.74) is 24.4. The number of hydrogen-bond acceptors (Lipinski definition) is 3. The van der Waals surface area contributed by atoms with Gasteiger partial charge in [-0.05, 0) is 168 Å². The molecule has 77 heavy (non-hydrogen) atoms. The molecule has 16 rings (SSSR count). The van der Waals surface area contributed by atoms with E-state index in [1.165, 1.54) is 93.2 Å². The lowest BCUT2D eigenvalue weighted by Crippen LogP contribution is -2.32. The van der Waals surface area contributed by atoms with Crippen LogP contribution in [0.1, 0.15) is 44.5 Å². The molecule has 0 amide bonds. The van der Waals surface area contributed by atoms with Gasteiger partial charge in [-0.3, -0.25) is 0 Å². The third-order valence-corrected chi connectivity index (χ3v) is 17.9. The minimum atomic E-state index is -0.564. The number of benzene rings is 12. The lowest BCUT2D eigenvalue weighted by atomic mass is 9.66. The van der Waals surface area contributed by atoms with Crippen molar-refractivity contribution in [2.45, 2.75) is 20.6 Å². The van der Waals surface area contributed by atoms with E-state index in [0.717, 1.165) is 45.3 Å². The maximum absolute atomic E-state index is 6.70. The van der Waals surface area contributed by atoms with E-state index in [0.29, 0.717) is 0 Å². The molecule has 2 aliphatic carbocycles. The molecule has 0 atom stereocenters. The molecular formula is C74H47NOS. The third-order valence-electron chi connectivity index (χ3n) is 16.8. The summed E-state index contributed by atoms with van der Waals surface area (Å²) in [7, 11) is 0. The molecule has 3 heteroatoms. The number of ether oxygens (including phenoxy) is 1. The van der Waals surface area contributed by atoms with Gasteiger partial charge in [-0.1, -0.05) is 218 Å². The summed E-state index contributed by atoms with van der Waals surface area (Å²) in [5.74, 6) is 1.78. The molecule has 360 valence electrons. The largest absolute Gasteiger partial charge is 0.457 e. The topological polar surface area (TPSA) is 12.5 Å². The van der Waals surface area contributed by atoms with Gasteiger partial charge in [-0.2, -0.15) is 0 Å². The first-order valence-electron chi connectivity index (χ1n) is 26.6. The maximum Gasteiger partial charge on any atom is 0.132 e. The first kappa shape index (κ1) is 43.9. The van der Waals surface area contributed by atoms with Gasteiger partial charge in [0, 0.05) is 38.0 Å². The van der Waals surface area contributed by atoms with Crippen LogP contribution in [0, 0.1) is 0 Å². The summed E-state index contributed by atoms with van der Waals surface area (Å²) in [6.07, 6.45) is 0. The van der Waals surface area contributed by atoms with Crippen LogP contribution >= 0.6 is 11.8 Å². The Bertz CT molecular complexity index is 4000. The van der Waals surface area contributed by atoms with Crippen molar-refractivity contribution in [1.82, 2.24) is 0 Å². The summed E-state index contributed by atoms with van der Waals surface area (Å²) in [6.45, 7) is 0. The molecule has 2 heterocycles. The minimum absolute atomic E-state index is 0.468. The minimum Gasteiger partial charge on any atom is -0.457 e. The SMILES string of the molecule is c1ccc(-c2cc(-c3ccccc3)cc(-c3ccc(N(c4ccc5c(c4)-c4ccccc4C54c5ccccc5Oc5ccccc54)c4ccc5c(c4)-c4ccccc4C54c5ccccc5Sc5ccccc54)cc3)c2)cc1. The molecule has 2 aliphatic heterocycles. The number of para-hydroxylation sites is 2. The maximum atomic E-state index is 6.70. The predicted molar refractivity (Wildman–Crippen MR) is 316 cm³/mol. The number of anilines is 3. The van der Waals surface area contributed by atoms with E-state index >= 15 is 0 Å². The molecule has 0 saturated heterocycles. The van der Waals surface area contributed by atoms with E-state index in [2.05, 4.69) is 290 Å². The van der Waals surface area contributed by atoms with E-state index in [1.807, 2.05) is 11.8 Å². The molecular weight excluding hydrogens is 951 g/mol. The van der Waals surface area contributed by atoms with Crippen molar-refractivity contribution < 1.29 is 4.74 Å². The highest BCUT2D eigenvalue weighted by Gasteiger charge is 2.52. The molecule has 0 bridgehead atoms. The number of fused-ring (bicyclic) bond motifs is 18. The Kier molecular flexibility index (Phi) is 9.73. The smallest absolute Gasteiger partial charge is 0.132 e. The third kappa shape index (κ3) is 6.38. The molecule has 2 nitrogen and oxygen atoms in total. The van der Waals surface area contributed by atoms with Gasteiger partial charge in [-0.25, -0.2) is 0 Å².